The smallest absolute Gasteiger partial charge is 0.247 e. The first-order chi connectivity index (χ1) is 14.7. The van der Waals surface area contributed by atoms with E-state index < -0.39 is 21.5 Å². The topological polar surface area (TPSA) is 96.0 Å². The first-order valence-corrected chi connectivity index (χ1v) is 12.6. The molecule has 2 aliphatic rings. The summed E-state index contributed by atoms with van der Waals surface area (Å²) >= 11 is 0. The molecule has 0 aromatic heterocycles. The molecule has 2 amide bonds. The van der Waals surface area contributed by atoms with Crippen LogP contribution in [0.3, 0.4) is 0 Å². The molecule has 3 rings (SSSR count). The fraction of sp³-hybridized carbons (Fsp3) is 0.636. The minimum Gasteiger partial charge on any atom is -0.497 e. The minimum absolute atomic E-state index is 0.0496. The highest BCUT2D eigenvalue weighted by molar-refractivity contribution is 7.89. The van der Waals surface area contributed by atoms with Gasteiger partial charge in [-0.15, -0.1) is 0 Å². The Balaban J connectivity index is 1.96. The second-order valence-electron chi connectivity index (χ2n) is 8.59. The van der Waals surface area contributed by atoms with Gasteiger partial charge in [0.2, 0.25) is 21.8 Å². The van der Waals surface area contributed by atoms with Crippen molar-refractivity contribution in [2.24, 2.45) is 0 Å². The lowest BCUT2D eigenvalue weighted by molar-refractivity contribution is -0.133. The lowest BCUT2D eigenvalue weighted by Crippen LogP contribution is -2.71. The second-order valence-corrected chi connectivity index (χ2v) is 10.7. The maximum atomic E-state index is 13.5. The van der Waals surface area contributed by atoms with Crippen LogP contribution in [0.25, 0.3) is 0 Å². The van der Waals surface area contributed by atoms with Crippen molar-refractivity contribution in [3.63, 3.8) is 0 Å². The summed E-state index contributed by atoms with van der Waals surface area (Å²) in [6.45, 7) is 3.08. The van der Waals surface area contributed by atoms with E-state index >= 15 is 0 Å². The minimum atomic E-state index is -3.63. The highest BCUT2D eigenvalue weighted by Crippen LogP contribution is 2.32. The van der Waals surface area contributed by atoms with Gasteiger partial charge >= 0.3 is 0 Å². The van der Waals surface area contributed by atoms with Crippen molar-refractivity contribution in [3.8, 4) is 5.75 Å². The number of piperazine rings is 1. The van der Waals surface area contributed by atoms with Crippen molar-refractivity contribution in [1.82, 2.24) is 9.62 Å². The van der Waals surface area contributed by atoms with Crippen molar-refractivity contribution >= 4 is 27.5 Å². The van der Waals surface area contributed by atoms with Gasteiger partial charge in [-0.2, -0.15) is 4.31 Å². The van der Waals surface area contributed by atoms with Crippen molar-refractivity contribution in [2.75, 3.05) is 30.9 Å². The molecule has 1 saturated carbocycles. The summed E-state index contributed by atoms with van der Waals surface area (Å²) in [4.78, 5) is 28.2. The molecule has 2 fully saturated rings. The van der Waals surface area contributed by atoms with Gasteiger partial charge < -0.3 is 10.1 Å². The Morgan fingerprint density at radius 2 is 1.84 bits per heavy atom. The molecule has 0 unspecified atom stereocenters. The van der Waals surface area contributed by atoms with E-state index in [1.54, 1.807) is 45.2 Å². The molecule has 1 N–H and O–H groups in total. The molecule has 8 nitrogen and oxygen atoms in total. The number of sulfonamides is 1. The fourth-order valence-electron chi connectivity index (χ4n) is 4.47. The first-order valence-electron chi connectivity index (χ1n) is 11.0. The Morgan fingerprint density at radius 3 is 2.42 bits per heavy atom. The summed E-state index contributed by atoms with van der Waals surface area (Å²) in [5, 5.41) is 3.10. The fourth-order valence-corrected chi connectivity index (χ4v) is 6.00. The first kappa shape index (κ1) is 23.5. The summed E-state index contributed by atoms with van der Waals surface area (Å²) in [6.07, 6.45) is 5.51. The molecule has 9 heteroatoms. The predicted molar refractivity (Wildman–Crippen MR) is 120 cm³/mol. The van der Waals surface area contributed by atoms with Crippen LogP contribution in [0.4, 0.5) is 5.69 Å². The van der Waals surface area contributed by atoms with Crippen LogP contribution in [0.2, 0.25) is 0 Å². The van der Waals surface area contributed by atoms with Crippen LogP contribution < -0.4 is 15.0 Å². The van der Waals surface area contributed by atoms with Crippen molar-refractivity contribution in [3.05, 3.63) is 24.3 Å². The molecule has 0 radical (unpaired) electrons. The highest BCUT2D eigenvalue weighted by Gasteiger charge is 2.51. The molecule has 1 atom stereocenters. The molecule has 1 saturated heterocycles. The third kappa shape index (κ3) is 5.03. The lowest BCUT2D eigenvalue weighted by atomic mass is 9.91. The summed E-state index contributed by atoms with van der Waals surface area (Å²) < 4.78 is 31.9. The number of nitrogens with zero attached hydrogens (tertiary/aromatic N) is 2. The zero-order valence-electron chi connectivity index (χ0n) is 18.6. The second kappa shape index (κ2) is 9.56. The SMILES string of the molecule is CCCS(=O)(=O)N1CC(=O)N(c2ccc(OC)cc2)[C@@](C)(C(=O)NC2CCCCC2)C1. The third-order valence-electron chi connectivity index (χ3n) is 6.15. The number of carbonyl (C=O) groups is 2. The van der Waals surface area contributed by atoms with E-state index in [0.29, 0.717) is 17.9 Å². The molecule has 1 aliphatic heterocycles. The van der Waals surface area contributed by atoms with Gasteiger partial charge in [-0.25, -0.2) is 8.42 Å². The number of ether oxygens (including phenoxy) is 1. The summed E-state index contributed by atoms with van der Waals surface area (Å²) in [5.41, 5.74) is -0.818. The largest absolute Gasteiger partial charge is 0.497 e. The van der Waals surface area contributed by atoms with E-state index in [2.05, 4.69) is 5.32 Å². The molecule has 1 aromatic carbocycles. The van der Waals surface area contributed by atoms with E-state index in [4.69, 9.17) is 4.74 Å². The van der Waals surface area contributed by atoms with Crippen LogP contribution in [0.5, 0.6) is 5.75 Å². The Hall–Kier alpha value is -2.13. The Bertz CT molecular complexity index is 896. The number of hydrogen-bond donors (Lipinski definition) is 1. The number of carbonyl (C=O) groups excluding carboxylic acids is 2. The lowest BCUT2D eigenvalue weighted by Gasteiger charge is -2.47. The van der Waals surface area contributed by atoms with Crippen molar-refractivity contribution < 1.29 is 22.7 Å². The number of methoxy groups -OCH3 is 1. The van der Waals surface area contributed by atoms with E-state index in [-0.39, 0.29) is 30.8 Å². The number of hydrogen-bond acceptors (Lipinski definition) is 5. The van der Waals surface area contributed by atoms with Crippen LogP contribution in [0.15, 0.2) is 24.3 Å². The summed E-state index contributed by atoms with van der Waals surface area (Å²) in [5.74, 6) is -0.158. The van der Waals surface area contributed by atoms with Gasteiger partial charge in [0.1, 0.15) is 11.3 Å². The zero-order valence-corrected chi connectivity index (χ0v) is 19.4. The van der Waals surface area contributed by atoms with Crippen molar-refractivity contribution in [1.29, 1.82) is 0 Å². The van der Waals surface area contributed by atoms with Crippen LogP contribution >= 0.6 is 0 Å². The number of benzene rings is 1. The predicted octanol–water partition coefficient (Wildman–Crippen LogP) is 2.29. The monoisotopic (exact) mass is 451 g/mol. The van der Waals surface area contributed by atoms with Gasteiger partial charge in [0.05, 0.1) is 19.4 Å². The third-order valence-corrected chi connectivity index (χ3v) is 8.12. The molecule has 1 aromatic rings. The molecule has 0 spiro atoms. The molecular formula is C22H33N3O5S. The maximum absolute atomic E-state index is 13.5. The Kier molecular flexibility index (Phi) is 7.26. The van der Waals surface area contributed by atoms with Crippen molar-refractivity contribution in [2.45, 2.75) is 64.0 Å². The molecule has 172 valence electrons. The molecule has 0 bridgehead atoms. The summed E-state index contributed by atoms with van der Waals surface area (Å²) in [6, 6.07) is 6.94. The van der Waals surface area contributed by atoms with Gasteiger partial charge in [-0.05, 0) is 50.5 Å². The average Bonchev–Trinajstić information content (AvgIpc) is 2.74. The molecular weight excluding hydrogens is 418 g/mol. The molecule has 1 heterocycles. The van der Waals surface area contributed by atoms with Gasteiger partial charge in [-0.1, -0.05) is 26.2 Å². The quantitative estimate of drug-likeness (QED) is 0.686. The van der Waals surface area contributed by atoms with E-state index in [0.717, 1.165) is 32.1 Å². The average molecular weight is 452 g/mol. The number of anilines is 1. The maximum Gasteiger partial charge on any atom is 0.247 e. The van der Waals surface area contributed by atoms with E-state index in [9.17, 15) is 18.0 Å². The molecule has 1 aliphatic carbocycles. The Morgan fingerprint density at radius 1 is 1.19 bits per heavy atom. The van der Waals surface area contributed by atoms with Crippen LogP contribution in [0, 0.1) is 0 Å². The zero-order chi connectivity index (χ0) is 22.6. The van der Waals surface area contributed by atoms with Gasteiger partial charge in [-0.3, -0.25) is 14.5 Å². The normalized spacial score (nSPS) is 23.6. The van der Waals surface area contributed by atoms with Crippen LogP contribution in [-0.4, -0.2) is 62.1 Å². The summed E-state index contributed by atoms with van der Waals surface area (Å²) in [7, 11) is -2.08. The van der Waals surface area contributed by atoms with Crippen LogP contribution in [-0.2, 0) is 19.6 Å². The van der Waals surface area contributed by atoms with Gasteiger partial charge in [0.25, 0.3) is 0 Å². The highest BCUT2D eigenvalue weighted by atomic mass is 32.2. The van der Waals surface area contributed by atoms with E-state index in [1.807, 2.05) is 0 Å². The number of amides is 2. The van der Waals surface area contributed by atoms with Gasteiger partial charge in [0.15, 0.2) is 0 Å². The van der Waals surface area contributed by atoms with Gasteiger partial charge in [0, 0.05) is 18.3 Å². The van der Waals surface area contributed by atoms with E-state index in [1.165, 1.54) is 9.21 Å². The van der Waals surface area contributed by atoms with Crippen LogP contribution in [0.1, 0.15) is 52.4 Å². The number of rotatable bonds is 7. The number of nitrogens with one attached hydrogen (secondary N) is 1. The molecule has 31 heavy (non-hydrogen) atoms. The standard InChI is InChI=1S/C22H33N3O5S/c1-4-14-31(28,29)24-15-20(26)25(18-10-12-19(30-3)13-11-18)22(2,16-24)21(27)23-17-8-6-5-7-9-17/h10-13,17H,4-9,14-16H2,1-3H3,(H,23,27)/t22-/m1/s1. The Labute approximate surface area is 185 Å².